The van der Waals surface area contributed by atoms with E-state index in [4.69, 9.17) is 10.0 Å². The molecule has 1 aromatic carbocycles. The van der Waals surface area contributed by atoms with Crippen molar-refractivity contribution in [2.75, 3.05) is 20.1 Å². The monoisotopic (exact) mass is 264 g/mol. The van der Waals surface area contributed by atoms with Gasteiger partial charge in [-0.2, -0.15) is 0 Å². The molecule has 1 aromatic rings. The van der Waals surface area contributed by atoms with Crippen molar-refractivity contribution in [1.82, 2.24) is 10.2 Å². The minimum atomic E-state index is -1.54. The number of benzene rings is 1. The lowest BCUT2D eigenvalue weighted by Crippen LogP contribution is -2.40. The number of nitrogens with one attached hydrogen (secondary N) is 1. The minimum absolute atomic E-state index is 0.103. The lowest BCUT2D eigenvalue weighted by molar-refractivity contribution is 0.233. The van der Waals surface area contributed by atoms with Gasteiger partial charge in [-0.05, 0) is 44.5 Å². The maximum absolute atomic E-state index is 9.84. The lowest BCUT2D eigenvalue weighted by atomic mass is 9.80. The standard InChI is InChI=1S/C13H21BN2O3/c1-16-6-4-12(5-7-16)15-9-10-2-3-11(14(18)19)8-13(10)17/h2-3,8,12,15,17-19H,4-7,9H2,1H3. The quantitative estimate of drug-likeness (QED) is 0.539. The van der Waals surface area contributed by atoms with Gasteiger partial charge in [0.25, 0.3) is 0 Å². The Morgan fingerprint density at radius 3 is 2.58 bits per heavy atom. The van der Waals surface area contributed by atoms with Crippen LogP contribution in [0.4, 0.5) is 0 Å². The van der Waals surface area contributed by atoms with Gasteiger partial charge in [-0.25, -0.2) is 0 Å². The van der Waals surface area contributed by atoms with Gasteiger partial charge in [0.05, 0.1) is 0 Å². The molecular formula is C13H21BN2O3. The molecule has 2 rings (SSSR count). The summed E-state index contributed by atoms with van der Waals surface area (Å²) in [5, 5.41) is 31.3. The third-order valence-corrected chi connectivity index (χ3v) is 3.71. The van der Waals surface area contributed by atoms with E-state index in [9.17, 15) is 5.11 Å². The van der Waals surface area contributed by atoms with Gasteiger partial charge in [0.1, 0.15) is 5.75 Å². The van der Waals surface area contributed by atoms with Crippen molar-refractivity contribution in [3.8, 4) is 5.75 Å². The molecule has 0 saturated carbocycles. The van der Waals surface area contributed by atoms with Crippen LogP contribution >= 0.6 is 0 Å². The fraction of sp³-hybridized carbons (Fsp3) is 0.538. The average Bonchev–Trinajstić information content (AvgIpc) is 2.39. The van der Waals surface area contributed by atoms with Crippen LogP contribution in [0.5, 0.6) is 5.75 Å². The molecule has 1 saturated heterocycles. The smallest absolute Gasteiger partial charge is 0.488 e. The van der Waals surface area contributed by atoms with Crippen LogP contribution in [-0.2, 0) is 6.54 Å². The maximum Gasteiger partial charge on any atom is 0.488 e. The Labute approximate surface area is 114 Å². The van der Waals surface area contributed by atoms with E-state index >= 15 is 0 Å². The van der Waals surface area contributed by atoms with Crippen LogP contribution in [0.3, 0.4) is 0 Å². The molecular weight excluding hydrogens is 243 g/mol. The average molecular weight is 264 g/mol. The van der Waals surface area contributed by atoms with Crippen molar-refractivity contribution in [2.45, 2.75) is 25.4 Å². The molecule has 5 nitrogen and oxygen atoms in total. The zero-order valence-corrected chi connectivity index (χ0v) is 11.2. The summed E-state index contributed by atoms with van der Waals surface area (Å²) < 4.78 is 0. The number of hydrogen-bond donors (Lipinski definition) is 4. The second-order valence-corrected chi connectivity index (χ2v) is 5.22. The van der Waals surface area contributed by atoms with Crippen LogP contribution in [0.15, 0.2) is 18.2 Å². The number of hydrogen-bond acceptors (Lipinski definition) is 5. The Morgan fingerprint density at radius 1 is 1.32 bits per heavy atom. The predicted octanol–water partition coefficient (Wildman–Crippen LogP) is -0.744. The molecule has 0 atom stereocenters. The fourth-order valence-corrected chi connectivity index (χ4v) is 2.36. The van der Waals surface area contributed by atoms with Crippen LogP contribution < -0.4 is 10.8 Å². The fourth-order valence-electron chi connectivity index (χ4n) is 2.36. The van der Waals surface area contributed by atoms with E-state index in [-0.39, 0.29) is 5.75 Å². The molecule has 0 amide bonds. The summed E-state index contributed by atoms with van der Waals surface area (Å²) in [7, 11) is 0.586. The second kappa shape index (κ2) is 6.39. The zero-order chi connectivity index (χ0) is 13.8. The molecule has 1 aliphatic rings. The Morgan fingerprint density at radius 2 is 2.00 bits per heavy atom. The van der Waals surface area contributed by atoms with E-state index in [1.165, 1.54) is 6.07 Å². The predicted molar refractivity (Wildman–Crippen MR) is 75.3 cm³/mol. The first-order valence-corrected chi connectivity index (χ1v) is 6.66. The van der Waals surface area contributed by atoms with Crippen molar-refractivity contribution in [1.29, 1.82) is 0 Å². The molecule has 0 unspecified atom stereocenters. The summed E-state index contributed by atoms with van der Waals surface area (Å²) >= 11 is 0. The summed E-state index contributed by atoms with van der Waals surface area (Å²) in [5.74, 6) is 0.103. The van der Waals surface area contributed by atoms with Crippen LogP contribution in [0.2, 0.25) is 0 Å². The SMILES string of the molecule is CN1CCC(NCc2ccc(B(O)O)cc2O)CC1. The first kappa shape index (κ1) is 14.3. The molecule has 0 aliphatic carbocycles. The van der Waals surface area contributed by atoms with E-state index < -0.39 is 7.12 Å². The zero-order valence-electron chi connectivity index (χ0n) is 11.2. The van der Waals surface area contributed by atoms with Crippen LogP contribution in [-0.4, -0.2) is 53.4 Å². The van der Waals surface area contributed by atoms with Crippen LogP contribution in [0.25, 0.3) is 0 Å². The topological polar surface area (TPSA) is 76.0 Å². The first-order chi connectivity index (χ1) is 9.06. The summed E-state index contributed by atoms with van der Waals surface area (Å²) in [6, 6.07) is 5.23. The third kappa shape index (κ3) is 3.94. The van der Waals surface area contributed by atoms with Crippen LogP contribution in [0, 0.1) is 0 Å². The highest BCUT2D eigenvalue weighted by atomic mass is 16.4. The van der Waals surface area contributed by atoms with Crippen molar-refractivity contribution < 1.29 is 15.2 Å². The third-order valence-electron chi connectivity index (χ3n) is 3.71. The Kier molecular flexibility index (Phi) is 4.82. The Hall–Kier alpha value is -1.08. The normalized spacial score (nSPS) is 17.6. The van der Waals surface area contributed by atoms with Crippen molar-refractivity contribution in [3.63, 3.8) is 0 Å². The van der Waals surface area contributed by atoms with E-state index in [2.05, 4.69) is 17.3 Å². The van der Waals surface area contributed by atoms with Gasteiger partial charge < -0.3 is 25.4 Å². The second-order valence-electron chi connectivity index (χ2n) is 5.22. The molecule has 19 heavy (non-hydrogen) atoms. The van der Waals surface area contributed by atoms with Crippen LogP contribution in [0.1, 0.15) is 18.4 Å². The van der Waals surface area contributed by atoms with Gasteiger partial charge in [0.2, 0.25) is 0 Å². The molecule has 0 bridgehead atoms. The first-order valence-electron chi connectivity index (χ1n) is 6.66. The molecule has 0 radical (unpaired) electrons. The Bertz CT molecular complexity index is 420. The molecule has 0 spiro atoms. The molecule has 1 fully saturated rings. The van der Waals surface area contributed by atoms with Gasteiger partial charge in [0.15, 0.2) is 0 Å². The van der Waals surface area contributed by atoms with E-state index in [1.807, 2.05) is 0 Å². The molecule has 104 valence electrons. The van der Waals surface area contributed by atoms with Crippen molar-refractivity contribution in [3.05, 3.63) is 23.8 Å². The maximum atomic E-state index is 9.84. The largest absolute Gasteiger partial charge is 0.508 e. The van der Waals surface area contributed by atoms with Crippen molar-refractivity contribution >= 4 is 12.6 Å². The number of likely N-dealkylation sites (tertiary alicyclic amines) is 1. The number of piperidine rings is 1. The van der Waals surface area contributed by atoms with E-state index in [1.54, 1.807) is 12.1 Å². The van der Waals surface area contributed by atoms with Gasteiger partial charge in [0, 0.05) is 18.2 Å². The van der Waals surface area contributed by atoms with Gasteiger partial charge >= 0.3 is 7.12 Å². The number of aromatic hydroxyl groups is 1. The molecule has 1 heterocycles. The highest BCUT2D eigenvalue weighted by Crippen LogP contribution is 2.16. The Balaban J connectivity index is 1.89. The lowest BCUT2D eigenvalue weighted by Gasteiger charge is -2.29. The number of rotatable bonds is 4. The van der Waals surface area contributed by atoms with E-state index in [0.29, 0.717) is 18.0 Å². The van der Waals surface area contributed by atoms with Crippen molar-refractivity contribution in [2.24, 2.45) is 0 Å². The number of nitrogens with zero attached hydrogens (tertiary/aromatic N) is 1. The number of phenols is 1. The highest BCUT2D eigenvalue weighted by molar-refractivity contribution is 6.58. The summed E-state index contributed by atoms with van der Waals surface area (Å²) in [4.78, 5) is 2.31. The molecule has 0 aromatic heterocycles. The molecule has 4 N–H and O–H groups in total. The molecule has 6 heteroatoms. The summed E-state index contributed by atoms with van der Waals surface area (Å²) in [5.41, 5.74) is 1.09. The number of phenolic OH excluding ortho intramolecular Hbond substituents is 1. The summed E-state index contributed by atoms with van der Waals surface area (Å²) in [6.07, 6.45) is 2.23. The van der Waals surface area contributed by atoms with Gasteiger partial charge in [-0.1, -0.05) is 12.1 Å². The highest BCUT2D eigenvalue weighted by Gasteiger charge is 2.17. The molecule has 1 aliphatic heterocycles. The van der Waals surface area contributed by atoms with Gasteiger partial charge in [-0.3, -0.25) is 0 Å². The minimum Gasteiger partial charge on any atom is -0.508 e. The van der Waals surface area contributed by atoms with E-state index in [0.717, 1.165) is 31.5 Å². The van der Waals surface area contributed by atoms with Gasteiger partial charge in [-0.15, -0.1) is 0 Å². The summed E-state index contributed by atoms with van der Waals surface area (Å²) in [6.45, 7) is 2.79.